The van der Waals surface area contributed by atoms with Gasteiger partial charge in [-0.2, -0.15) is 0 Å². The van der Waals surface area contributed by atoms with Crippen LogP contribution in [0.2, 0.25) is 5.02 Å². The average molecular weight is 358 g/mol. The highest BCUT2D eigenvalue weighted by Gasteiger charge is 2.14. The minimum atomic E-state index is 0.752. The summed E-state index contributed by atoms with van der Waals surface area (Å²) in [6.07, 6.45) is 2.24. The maximum atomic E-state index is 6.06. The molecule has 26 heavy (non-hydrogen) atoms. The number of fused-ring (bicyclic) bond motifs is 1. The van der Waals surface area contributed by atoms with E-state index < -0.39 is 0 Å². The zero-order chi connectivity index (χ0) is 18.1. The van der Waals surface area contributed by atoms with Crippen LogP contribution in [0.3, 0.4) is 0 Å². The molecule has 3 aromatic carbocycles. The SMILES string of the molecule is Cc1ccc(/C(=C\c2ccc(Cl)cc2)c2c(C)[nH]c3ccccc23)cc1. The minimum absolute atomic E-state index is 0.752. The van der Waals surface area contributed by atoms with Gasteiger partial charge in [-0.05, 0) is 54.8 Å². The van der Waals surface area contributed by atoms with Crippen LogP contribution in [0.25, 0.3) is 22.6 Å². The van der Waals surface area contributed by atoms with Gasteiger partial charge < -0.3 is 4.98 Å². The Kier molecular flexibility index (Phi) is 4.40. The third kappa shape index (κ3) is 3.18. The molecular formula is C24H20ClN. The van der Waals surface area contributed by atoms with E-state index in [0.29, 0.717) is 0 Å². The molecule has 0 aliphatic rings. The van der Waals surface area contributed by atoms with Gasteiger partial charge in [0.25, 0.3) is 0 Å². The molecule has 1 N–H and O–H groups in total. The van der Waals surface area contributed by atoms with Gasteiger partial charge in [-0.1, -0.05) is 71.8 Å². The van der Waals surface area contributed by atoms with Crippen molar-refractivity contribution in [3.05, 3.63) is 106 Å². The molecule has 0 saturated carbocycles. The molecule has 0 aliphatic heterocycles. The summed E-state index contributed by atoms with van der Waals surface area (Å²) in [5, 5.41) is 1.99. The van der Waals surface area contributed by atoms with Gasteiger partial charge >= 0.3 is 0 Å². The summed E-state index contributed by atoms with van der Waals surface area (Å²) in [6, 6.07) is 25.1. The minimum Gasteiger partial charge on any atom is -0.358 e. The first-order valence-corrected chi connectivity index (χ1v) is 9.11. The molecule has 1 aromatic heterocycles. The fourth-order valence-electron chi connectivity index (χ4n) is 3.38. The van der Waals surface area contributed by atoms with Crippen LogP contribution >= 0.6 is 11.6 Å². The smallest absolute Gasteiger partial charge is 0.0462 e. The molecule has 0 fully saturated rings. The van der Waals surface area contributed by atoms with Gasteiger partial charge in [0.2, 0.25) is 0 Å². The van der Waals surface area contributed by atoms with Gasteiger partial charge in [-0.25, -0.2) is 0 Å². The summed E-state index contributed by atoms with van der Waals surface area (Å²) in [5.41, 5.74) is 8.39. The number of hydrogen-bond acceptors (Lipinski definition) is 0. The second-order valence-electron chi connectivity index (χ2n) is 6.65. The predicted octanol–water partition coefficient (Wildman–Crippen LogP) is 7.03. The van der Waals surface area contributed by atoms with E-state index in [1.54, 1.807) is 0 Å². The third-order valence-electron chi connectivity index (χ3n) is 4.71. The number of halogens is 1. The summed E-state index contributed by atoms with van der Waals surface area (Å²) in [7, 11) is 0. The van der Waals surface area contributed by atoms with Gasteiger partial charge in [0, 0.05) is 27.2 Å². The first-order valence-electron chi connectivity index (χ1n) is 8.74. The maximum Gasteiger partial charge on any atom is 0.0462 e. The average Bonchev–Trinajstić information content (AvgIpc) is 2.98. The number of H-pyrrole nitrogens is 1. The van der Waals surface area contributed by atoms with E-state index in [2.05, 4.69) is 85.6 Å². The van der Waals surface area contributed by atoms with Gasteiger partial charge in [0.15, 0.2) is 0 Å². The molecule has 0 spiro atoms. The zero-order valence-electron chi connectivity index (χ0n) is 14.9. The van der Waals surface area contributed by atoms with Crippen LogP contribution in [0.15, 0.2) is 72.8 Å². The topological polar surface area (TPSA) is 15.8 Å². The standard InChI is InChI=1S/C24H20ClN/c1-16-7-11-19(12-8-16)22(15-18-9-13-20(25)14-10-18)24-17(2)26-23-6-4-3-5-21(23)24/h3-15,26H,1-2H3/b22-15+. The number of nitrogens with one attached hydrogen (secondary N) is 1. The van der Waals surface area contributed by atoms with Crippen molar-refractivity contribution >= 4 is 34.2 Å². The lowest BCUT2D eigenvalue weighted by atomic mass is 9.93. The van der Waals surface area contributed by atoms with Crippen molar-refractivity contribution in [2.45, 2.75) is 13.8 Å². The molecule has 128 valence electrons. The molecule has 0 amide bonds. The Morgan fingerprint density at radius 1 is 0.846 bits per heavy atom. The van der Waals surface area contributed by atoms with Crippen molar-refractivity contribution < 1.29 is 0 Å². The van der Waals surface area contributed by atoms with E-state index in [-0.39, 0.29) is 0 Å². The van der Waals surface area contributed by atoms with Crippen molar-refractivity contribution in [2.24, 2.45) is 0 Å². The second kappa shape index (κ2) is 6.86. The fraction of sp³-hybridized carbons (Fsp3) is 0.0833. The number of rotatable bonds is 3. The van der Waals surface area contributed by atoms with Crippen molar-refractivity contribution in [2.75, 3.05) is 0 Å². The molecule has 0 saturated heterocycles. The van der Waals surface area contributed by atoms with Gasteiger partial charge in [-0.15, -0.1) is 0 Å². The van der Waals surface area contributed by atoms with Crippen LogP contribution < -0.4 is 0 Å². The van der Waals surface area contributed by atoms with Crippen molar-refractivity contribution in [1.82, 2.24) is 4.98 Å². The Balaban J connectivity index is 1.97. The van der Waals surface area contributed by atoms with Crippen LogP contribution in [-0.4, -0.2) is 4.98 Å². The lowest BCUT2D eigenvalue weighted by Crippen LogP contribution is -1.91. The van der Waals surface area contributed by atoms with Crippen LogP contribution in [-0.2, 0) is 0 Å². The molecule has 0 unspecified atom stereocenters. The summed E-state index contributed by atoms with van der Waals surface area (Å²) >= 11 is 6.06. The van der Waals surface area contributed by atoms with Crippen molar-refractivity contribution in [1.29, 1.82) is 0 Å². The number of benzene rings is 3. The van der Waals surface area contributed by atoms with Gasteiger partial charge in [-0.3, -0.25) is 0 Å². The van der Waals surface area contributed by atoms with E-state index in [4.69, 9.17) is 11.6 Å². The summed E-state index contributed by atoms with van der Waals surface area (Å²) in [4.78, 5) is 3.52. The first-order chi connectivity index (χ1) is 12.6. The maximum absolute atomic E-state index is 6.06. The van der Waals surface area contributed by atoms with E-state index in [0.717, 1.165) is 16.1 Å². The normalized spacial score (nSPS) is 11.9. The largest absolute Gasteiger partial charge is 0.358 e. The summed E-state index contributed by atoms with van der Waals surface area (Å²) in [6.45, 7) is 4.25. The lowest BCUT2D eigenvalue weighted by molar-refractivity contribution is 1.28. The number of hydrogen-bond donors (Lipinski definition) is 1. The Bertz CT molecular complexity index is 1080. The van der Waals surface area contributed by atoms with Gasteiger partial charge in [0.1, 0.15) is 0 Å². The Morgan fingerprint density at radius 3 is 2.27 bits per heavy atom. The molecule has 0 aliphatic carbocycles. The van der Waals surface area contributed by atoms with E-state index in [9.17, 15) is 0 Å². The molecular weight excluding hydrogens is 338 g/mol. The lowest BCUT2D eigenvalue weighted by Gasteiger charge is -2.10. The Hall–Kier alpha value is -2.77. The van der Waals surface area contributed by atoms with Gasteiger partial charge in [0.05, 0.1) is 0 Å². The van der Waals surface area contributed by atoms with E-state index >= 15 is 0 Å². The third-order valence-corrected chi connectivity index (χ3v) is 4.96. The van der Waals surface area contributed by atoms with E-state index in [1.807, 2.05) is 12.1 Å². The quantitative estimate of drug-likeness (QED) is 0.379. The highest BCUT2D eigenvalue weighted by atomic mass is 35.5. The number of aromatic nitrogens is 1. The molecule has 4 rings (SSSR count). The molecule has 0 bridgehead atoms. The second-order valence-corrected chi connectivity index (χ2v) is 7.08. The highest BCUT2D eigenvalue weighted by molar-refractivity contribution is 6.30. The molecule has 4 aromatic rings. The van der Waals surface area contributed by atoms with E-state index in [1.165, 1.54) is 33.3 Å². The number of aromatic amines is 1. The molecule has 1 heterocycles. The molecule has 1 nitrogen and oxygen atoms in total. The predicted molar refractivity (Wildman–Crippen MR) is 113 cm³/mol. The van der Waals surface area contributed by atoms with Crippen molar-refractivity contribution in [3.8, 4) is 0 Å². The zero-order valence-corrected chi connectivity index (χ0v) is 15.6. The number of aryl methyl sites for hydroxylation is 2. The summed E-state index contributed by atoms with van der Waals surface area (Å²) in [5.74, 6) is 0. The molecule has 2 heteroatoms. The summed E-state index contributed by atoms with van der Waals surface area (Å²) < 4.78 is 0. The van der Waals surface area contributed by atoms with Crippen LogP contribution in [0.5, 0.6) is 0 Å². The fourth-order valence-corrected chi connectivity index (χ4v) is 3.51. The Labute approximate surface area is 159 Å². The Morgan fingerprint density at radius 2 is 1.54 bits per heavy atom. The monoisotopic (exact) mass is 357 g/mol. The highest BCUT2D eigenvalue weighted by Crippen LogP contribution is 2.34. The van der Waals surface area contributed by atoms with Crippen LogP contribution in [0.4, 0.5) is 0 Å². The van der Waals surface area contributed by atoms with Crippen LogP contribution in [0, 0.1) is 13.8 Å². The molecule has 0 atom stereocenters. The number of para-hydroxylation sites is 1. The molecule has 0 radical (unpaired) electrons. The van der Waals surface area contributed by atoms with Crippen LogP contribution in [0.1, 0.15) is 27.9 Å². The van der Waals surface area contributed by atoms with Crippen molar-refractivity contribution in [3.63, 3.8) is 0 Å². The first kappa shape index (κ1) is 16.7.